The number of carbonyl (C=O) groups excluding carboxylic acids is 2. The molecular weight excluding hydrogens is 653 g/mol. The minimum Gasteiger partial charge on any atom is -0.462 e. The number of aryl methyl sites for hydroxylation is 2. The molecule has 0 unspecified atom stereocenters. The first-order chi connectivity index (χ1) is 22.0. The Morgan fingerprint density at radius 3 is 2.15 bits per heavy atom. The van der Waals surface area contributed by atoms with Crippen molar-refractivity contribution in [2.75, 3.05) is 51.2 Å². The van der Waals surface area contributed by atoms with Crippen molar-refractivity contribution < 1.29 is 14.3 Å². The van der Waals surface area contributed by atoms with Crippen LogP contribution < -0.4 is 16.6 Å². The SMILES string of the molecule is CCOC(=O)c1c(C)cc2c(c1C)c(=O)n(-c1ccccc1Cl)c(=O)n2CCN1CCN(CC(=O)Nc2c(Cl)cccc2Cl)CC1. The molecule has 2 heterocycles. The monoisotopic (exact) mass is 685 g/mol. The molecule has 13 heteroatoms. The maximum absolute atomic E-state index is 14.0. The lowest BCUT2D eigenvalue weighted by atomic mass is 9.98. The van der Waals surface area contributed by atoms with Gasteiger partial charge in [-0.3, -0.25) is 24.0 Å². The summed E-state index contributed by atoms with van der Waals surface area (Å²) in [6.45, 7) is 8.97. The molecule has 3 aromatic carbocycles. The van der Waals surface area contributed by atoms with E-state index in [9.17, 15) is 19.2 Å². The van der Waals surface area contributed by atoms with Crippen LogP contribution in [-0.2, 0) is 16.1 Å². The summed E-state index contributed by atoms with van der Waals surface area (Å²) in [7, 11) is 0. The number of aromatic nitrogens is 2. The number of fused-ring (bicyclic) bond motifs is 1. The Balaban J connectivity index is 1.40. The van der Waals surface area contributed by atoms with Crippen LogP contribution in [0.25, 0.3) is 16.6 Å². The second-order valence-electron chi connectivity index (χ2n) is 11.1. The summed E-state index contributed by atoms with van der Waals surface area (Å²) < 4.78 is 7.93. The van der Waals surface area contributed by atoms with Gasteiger partial charge in [0.2, 0.25) is 5.91 Å². The van der Waals surface area contributed by atoms with E-state index in [0.29, 0.717) is 70.7 Å². The van der Waals surface area contributed by atoms with Gasteiger partial charge in [-0.1, -0.05) is 53.0 Å². The molecule has 46 heavy (non-hydrogen) atoms. The third-order valence-corrected chi connectivity index (χ3v) is 9.11. The molecule has 0 aliphatic carbocycles. The van der Waals surface area contributed by atoms with Crippen LogP contribution in [0.2, 0.25) is 15.1 Å². The van der Waals surface area contributed by atoms with Crippen LogP contribution in [-0.4, -0.2) is 76.7 Å². The molecule has 0 spiro atoms. The molecule has 1 fully saturated rings. The molecule has 10 nitrogen and oxygen atoms in total. The number of carbonyl (C=O) groups is 2. The average molecular weight is 687 g/mol. The number of hydrogen-bond acceptors (Lipinski definition) is 7. The number of anilines is 1. The van der Waals surface area contributed by atoms with Gasteiger partial charge in [0.05, 0.1) is 56.1 Å². The van der Waals surface area contributed by atoms with Crippen molar-refractivity contribution >= 4 is 63.3 Å². The highest BCUT2D eigenvalue weighted by Gasteiger charge is 2.25. The summed E-state index contributed by atoms with van der Waals surface area (Å²) in [5, 5.41) is 4.05. The quantitative estimate of drug-likeness (QED) is 0.243. The van der Waals surface area contributed by atoms with Gasteiger partial charge in [0.15, 0.2) is 0 Å². The lowest BCUT2D eigenvalue weighted by Crippen LogP contribution is -2.50. The van der Waals surface area contributed by atoms with Gasteiger partial charge in [-0.15, -0.1) is 0 Å². The molecule has 0 bridgehead atoms. The predicted molar refractivity (Wildman–Crippen MR) is 182 cm³/mol. The third-order valence-electron chi connectivity index (χ3n) is 8.16. The summed E-state index contributed by atoms with van der Waals surface area (Å²) >= 11 is 18.8. The Bertz CT molecular complexity index is 1910. The number of ether oxygens (including phenoxy) is 1. The first-order valence-corrected chi connectivity index (χ1v) is 16.1. The Morgan fingerprint density at radius 1 is 0.870 bits per heavy atom. The number of halogens is 3. The van der Waals surface area contributed by atoms with E-state index >= 15 is 0 Å². The molecular formula is C33H34Cl3N5O5. The summed E-state index contributed by atoms with van der Waals surface area (Å²) in [6.07, 6.45) is 0. The second-order valence-corrected chi connectivity index (χ2v) is 12.3. The van der Waals surface area contributed by atoms with E-state index in [-0.39, 0.29) is 41.7 Å². The summed E-state index contributed by atoms with van der Waals surface area (Å²) in [6, 6.07) is 13.4. The molecule has 1 amide bonds. The van der Waals surface area contributed by atoms with Gasteiger partial charge in [0.25, 0.3) is 5.56 Å². The predicted octanol–water partition coefficient (Wildman–Crippen LogP) is 5.16. The molecule has 1 N–H and O–H groups in total. The minimum absolute atomic E-state index is 0.184. The fourth-order valence-corrected chi connectivity index (χ4v) is 6.57. The Labute approximate surface area is 281 Å². The number of hydrogen-bond donors (Lipinski definition) is 1. The van der Waals surface area contributed by atoms with Gasteiger partial charge in [0, 0.05) is 39.3 Å². The van der Waals surface area contributed by atoms with Crippen LogP contribution >= 0.6 is 34.8 Å². The van der Waals surface area contributed by atoms with Crippen molar-refractivity contribution in [3.05, 3.63) is 101 Å². The molecule has 1 aliphatic heterocycles. The zero-order valence-electron chi connectivity index (χ0n) is 25.7. The number of nitrogens with one attached hydrogen (secondary N) is 1. The maximum Gasteiger partial charge on any atom is 0.338 e. The lowest BCUT2D eigenvalue weighted by molar-refractivity contribution is -0.117. The van der Waals surface area contributed by atoms with Crippen molar-refractivity contribution in [3.63, 3.8) is 0 Å². The lowest BCUT2D eigenvalue weighted by Gasteiger charge is -2.34. The highest BCUT2D eigenvalue weighted by molar-refractivity contribution is 6.39. The van der Waals surface area contributed by atoms with Crippen LogP contribution in [0.4, 0.5) is 5.69 Å². The van der Waals surface area contributed by atoms with E-state index in [0.717, 1.165) is 4.57 Å². The normalized spacial score (nSPS) is 14.0. The highest BCUT2D eigenvalue weighted by atomic mass is 35.5. The fourth-order valence-electron chi connectivity index (χ4n) is 5.86. The Kier molecular flexibility index (Phi) is 10.5. The number of para-hydroxylation sites is 2. The van der Waals surface area contributed by atoms with Gasteiger partial charge in [-0.2, -0.15) is 0 Å². The van der Waals surface area contributed by atoms with Crippen molar-refractivity contribution in [2.24, 2.45) is 0 Å². The molecule has 1 aromatic heterocycles. The molecule has 0 saturated carbocycles. The van der Waals surface area contributed by atoms with Crippen LogP contribution in [0.5, 0.6) is 0 Å². The number of benzene rings is 3. The zero-order chi connectivity index (χ0) is 33.1. The van der Waals surface area contributed by atoms with Crippen molar-refractivity contribution in [1.82, 2.24) is 18.9 Å². The van der Waals surface area contributed by atoms with E-state index in [2.05, 4.69) is 10.2 Å². The van der Waals surface area contributed by atoms with Gasteiger partial charge in [0.1, 0.15) is 0 Å². The van der Waals surface area contributed by atoms with Crippen LogP contribution in [0.1, 0.15) is 28.4 Å². The molecule has 4 aromatic rings. The van der Waals surface area contributed by atoms with E-state index in [1.165, 1.54) is 0 Å². The second kappa shape index (κ2) is 14.4. The van der Waals surface area contributed by atoms with Gasteiger partial charge in [-0.05, 0) is 62.2 Å². The molecule has 5 rings (SSSR count). The summed E-state index contributed by atoms with van der Waals surface area (Å²) in [5.41, 5.74) is 1.37. The first kappa shape index (κ1) is 33.7. The van der Waals surface area contributed by atoms with Gasteiger partial charge < -0.3 is 10.1 Å². The Morgan fingerprint density at radius 2 is 1.50 bits per heavy atom. The largest absolute Gasteiger partial charge is 0.462 e. The van der Waals surface area contributed by atoms with Crippen molar-refractivity contribution in [1.29, 1.82) is 0 Å². The van der Waals surface area contributed by atoms with Crippen molar-refractivity contribution in [3.8, 4) is 5.69 Å². The summed E-state index contributed by atoms with van der Waals surface area (Å²) in [5.74, 6) is -0.737. The first-order valence-electron chi connectivity index (χ1n) is 14.9. The fraction of sp³-hybridized carbons (Fsp3) is 0.333. The van der Waals surface area contributed by atoms with Crippen LogP contribution in [0.3, 0.4) is 0 Å². The highest BCUT2D eigenvalue weighted by Crippen LogP contribution is 2.30. The zero-order valence-corrected chi connectivity index (χ0v) is 28.0. The van der Waals surface area contributed by atoms with Crippen LogP contribution in [0, 0.1) is 13.8 Å². The van der Waals surface area contributed by atoms with E-state index in [1.54, 1.807) is 73.9 Å². The smallest absolute Gasteiger partial charge is 0.338 e. The molecule has 0 radical (unpaired) electrons. The molecule has 242 valence electrons. The number of piperazine rings is 1. The Hall–Kier alpha value is -3.67. The number of nitrogens with zero attached hydrogens (tertiary/aromatic N) is 4. The summed E-state index contributed by atoms with van der Waals surface area (Å²) in [4.78, 5) is 57.8. The molecule has 1 aliphatic rings. The third kappa shape index (κ3) is 6.86. The molecule has 1 saturated heterocycles. The van der Waals surface area contributed by atoms with E-state index in [4.69, 9.17) is 39.5 Å². The average Bonchev–Trinajstić information content (AvgIpc) is 3.00. The topological polar surface area (TPSA) is 106 Å². The van der Waals surface area contributed by atoms with Gasteiger partial charge in [-0.25, -0.2) is 14.2 Å². The number of rotatable bonds is 9. The number of esters is 1. The van der Waals surface area contributed by atoms with E-state index < -0.39 is 17.2 Å². The van der Waals surface area contributed by atoms with Crippen LogP contribution in [0.15, 0.2) is 58.1 Å². The molecule has 0 atom stereocenters. The maximum atomic E-state index is 14.0. The van der Waals surface area contributed by atoms with Gasteiger partial charge >= 0.3 is 11.7 Å². The minimum atomic E-state index is -0.558. The van der Waals surface area contributed by atoms with Crippen molar-refractivity contribution in [2.45, 2.75) is 27.3 Å². The standard InChI is InChI=1S/C33H34Cl3N5O5/c1-4-46-32(44)28-20(2)18-26-29(21(28)3)31(43)41(25-11-6-5-8-22(25)34)33(45)40(26)17-16-38-12-14-39(15-13-38)19-27(42)37-30-23(35)9-7-10-24(30)36/h5-11,18H,4,12-17,19H2,1-3H3,(H,37,42). The number of amides is 1. The van der Waals surface area contributed by atoms with E-state index in [1.807, 2.05) is 4.90 Å².